The summed E-state index contributed by atoms with van der Waals surface area (Å²) in [7, 11) is 3.50. The lowest BCUT2D eigenvalue weighted by atomic mass is 10.0. The zero-order valence-electron chi connectivity index (χ0n) is 17.4. The molecule has 1 amide bonds. The number of fused-ring (bicyclic) bond motifs is 1. The topological polar surface area (TPSA) is 73.4 Å². The van der Waals surface area contributed by atoms with Crippen LogP contribution in [-0.2, 0) is 31.4 Å². The van der Waals surface area contributed by atoms with E-state index in [1.54, 1.807) is 22.9 Å². The van der Waals surface area contributed by atoms with Gasteiger partial charge in [-0.05, 0) is 41.8 Å². The minimum atomic E-state index is -0.644. The normalized spacial score (nSPS) is 14.2. The van der Waals surface area contributed by atoms with Gasteiger partial charge in [-0.1, -0.05) is 6.07 Å². The monoisotopic (exact) mass is 426 g/mol. The summed E-state index contributed by atoms with van der Waals surface area (Å²) in [4.78, 5) is 14.7. The highest BCUT2D eigenvalue weighted by atomic mass is 19.1. The summed E-state index contributed by atoms with van der Waals surface area (Å²) in [6.45, 7) is 1.01. The summed E-state index contributed by atoms with van der Waals surface area (Å²) < 4.78 is 34.2. The molecule has 0 aliphatic carbocycles. The predicted molar refractivity (Wildman–Crippen MR) is 112 cm³/mol. The van der Waals surface area contributed by atoms with E-state index < -0.39 is 11.6 Å². The van der Waals surface area contributed by atoms with Crippen LogP contribution in [0.5, 0.6) is 0 Å². The van der Waals surface area contributed by atoms with E-state index in [9.17, 15) is 13.6 Å². The summed E-state index contributed by atoms with van der Waals surface area (Å²) in [5.74, 6) is -1.42. The Kier molecular flexibility index (Phi) is 5.84. The fourth-order valence-corrected chi connectivity index (χ4v) is 4.22. The van der Waals surface area contributed by atoms with E-state index >= 15 is 0 Å². The molecule has 0 saturated heterocycles. The van der Waals surface area contributed by atoms with E-state index in [2.05, 4.69) is 5.10 Å². The Morgan fingerprint density at radius 2 is 1.94 bits per heavy atom. The van der Waals surface area contributed by atoms with Gasteiger partial charge < -0.3 is 15.4 Å². The summed E-state index contributed by atoms with van der Waals surface area (Å²) in [6, 6.07) is 8.70. The first-order chi connectivity index (χ1) is 14.9. The van der Waals surface area contributed by atoms with E-state index in [-0.39, 0.29) is 24.9 Å². The molecule has 4 rings (SSSR count). The van der Waals surface area contributed by atoms with Gasteiger partial charge in [-0.25, -0.2) is 8.78 Å². The van der Waals surface area contributed by atoms with Crippen LogP contribution in [0.2, 0.25) is 0 Å². The second-order valence-corrected chi connectivity index (χ2v) is 7.75. The summed E-state index contributed by atoms with van der Waals surface area (Å²) >= 11 is 0. The maximum atomic E-state index is 13.6. The van der Waals surface area contributed by atoms with Gasteiger partial charge in [0.05, 0.1) is 18.5 Å². The Balaban J connectivity index is 1.61. The first-order valence-electron chi connectivity index (χ1n) is 10.0. The van der Waals surface area contributed by atoms with Crippen LogP contribution in [0.4, 0.5) is 8.78 Å². The number of halogens is 2. The van der Waals surface area contributed by atoms with Gasteiger partial charge in [-0.3, -0.25) is 9.48 Å². The number of nitrogens with zero attached hydrogens (tertiary/aromatic N) is 3. The van der Waals surface area contributed by atoms with Crippen LogP contribution in [0.3, 0.4) is 0 Å². The Labute approximate surface area is 179 Å². The largest absolute Gasteiger partial charge is 0.380 e. The summed E-state index contributed by atoms with van der Waals surface area (Å²) in [6.07, 6.45) is 2.05. The van der Waals surface area contributed by atoms with Crippen molar-refractivity contribution in [3.8, 4) is 11.3 Å². The molecule has 0 bridgehead atoms. The third-order valence-corrected chi connectivity index (χ3v) is 5.63. The minimum Gasteiger partial charge on any atom is -0.380 e. The molecule has 1 atom stereocenters. The van der Waals surface area contributed by atoms with Gasteiger partial charge in [0.15, 0.2) is 0 Å². The summed E-state index contributed by atoms with van der Waals surface area (Å²) in [5.41, 5.74) is 10.7. The van der Waals surface area contributed by atoms with Crippen molar-refractivity contribution in [2.45, 2.75) is 25.6 Å². The predicted octanol–water partition coefficient (Wildman–Crippen LogP) is 3.04. The number of nitrogens with two attached hydrogens (primary N) is 1. The van der Waals surface area contributed by atoms with Crippen molar-refractivity contribution in [2.75, 3.05) is 13.7 Å². The zero-order valence-corrected chi connectivity index (χ0v) is 17.4. The first-order valence-corrected chi connectivity index (χ1v) is 10.0. The van der Waals surface area contributed by atoms with Crippen molar-refractivity contribution < 1.29 is 18.3 Å². The molecule has 1 aromatic heterocycles. The molecule has 6 nitrogen and oxygen atoms in total. The maximum Gasteiger partial charge on any atom is 0.254 e. The van der Waals surface area contributed by atoms with Gasteiger partial charge in [0, 0.05) is 56.0 Å². The Hall–Kier alpha value is -3.10. The molecule has 2 heterocycles. The van der Waals surface area contributed by atoms with Crippen molar-refractivity contribution >= 4 is 5.91 Å². The molecule has 8 heteroatoms. The fraction of sp³-hybridized carbons (Fsp3) is 0.304. The molecule has 0 unspecified atom stereocenters. The maximum absolute atomic E-state index is 13.6. The lowest BCUT2D eigenvalue weighted by Gasteiger charge is -2.26. The van der Waals surface area contributed by atoms with E-state index in [1.165, 1.54) is 12.1 Å². The number of rotatable bonds is 7. The Morgan fingerprint density at radius 3 is 2.61 bits per heavy atom. The van der Waals surface area contributed by atoms with Crippen LogP contribution in [0.1, 0.15) is 27.0 Å². The molecule has 1 aliphatic rings. The van der Waals surface area contributed by atoms with Gasteiger partial charge >= 0.3 is 0 Å². The highest BCUT2D eigenvalue weighted by Crippen LogP contribution is 2.31. The standard InChI is InChI=1S/C23H24F2N4O2/c1-28-22(17(11-27-28)13-31-2)15-3-4-21-16(8-15)12-29(23(21)30)20(10-26)7-14-5-18(24)9-19(25)6-14/h3-6,8-9,11,20H,7,10,12-13,26H2,1-2H3/t20-/m0/s1. The number of benzene rings is 2. The number of hydrogen-bond donors (Lipinski definition) is 1. The van der Waals surface area contributed by atoms with Crippen LogP contribution in [0.25, 0.3) is 11.3 Å². The van der Waals surface area contributed by atoms with Crippen molar-refractivity contribution in [2.24, 2.45) is 12.8 Å². The number of carbonyl (C=O) groups is 1. The molecule has 162 valence electrons. The zero-order chi connectivity index (χ0) is 22.1. The first kappa shape index (κ1) is 21.1. The highest BCUT2D eigenvalue weighted by molar-refractivity contribution is 5.99. The third kappa shape index (κ3) is 4.08. The average Bonchev–Trinajstić information content (AvgIpc) is 3.25. The second-order valence-electron chi connectivity index (χ2n) is 7.75. The van der Waals surface area contributed by atoms with E-state index in [0.717, 1.165) is 28.5 Å². The van der Waals surface area contributed by atoms with Crippen LogP contribution < -0.4 is 5.73 Å². The van der Waals surface area contributed by atoms with Gasteiger partial charge in [0.25, 0.3) is 5.91 Å². The van der Waals surface area contributed by atoms with Crippen LogP contribution in [0, 0.1) is 11.6 Å². The number of amides is 1. The molecular weight excluding hydrogens is 402 g/mol. The van der Waals surface area contributed by atoms with Crippen molar-refractivity contribution in [1.82, 2.24) is 14.7 Å². The number of aromatic nitrogens is 2. The van der Waals surface area contributed by atoms with Crippen molar-refractivity contribution in [3.63, 3.8) is 0 Å². The SMILES string of the molecule is COCc1cnn(C)c1-c1ccc2c(c1)CN([C@H](CN)Cc1cc(F)cc(F)c1)C2=O. The molecule has 0 radical (unpaired) electrons. The number of methoxy groups -OCH3 is 1. The third-order valence-electron chi connectivity index (χ3n) is 5.63. The summed E-state index contributed by atoms with van der Waals surface area (Å²) in [5, 5.41) is 4.32. The number of hydrogen-bond acceptors (Lipinski definition) is 4. The molecule has 0 saturated carbocycles. The molecule has 2 N–H and O–H groups in total. The lowest BCUT2D eigenvalue weighted by Crippen LogP contribution is -2.42. The van der Waals surface area contributed by atoms with Gasteiger partial charge in [-0.15, -0.1) is 0 Å². The van der Waals surface area contributed by atoms with Crippen LogP contribution in [-0.4, -0.2) is 40.3 Å². The quantitative estimate of drug-likeness (QED) is 0.630. The average molecular weight is 426 g/mol. The molecule has 2 aromatic carbocycles. The van der Waals surface area contributed by atoms with Crippen LogP contribution >= 0.6 is 0 Å². The molecule has 31 heavy (non-hydrogen) atoms. The van der Waals surface area contributed by atoms with Gasteiger partial charge in [0.1, 0.15) is 11.6 Å². The smallest absolute Gasteiger partial charge is 0.254 e. The molecule has 1 aliphatic heterocycles. The Morgan fingerprint density at radius 1 is 1.19 bits per heavy atom. The minimum absolute atomic E-state index is 0.129. The molecule has 0 fully saturated rings. The van der Waals surface area contributed by atoms with Crippen molar-refractivity contribution in [1.29, 1.82) is 0 Å². The highest BCUT2D eigenvalue weighted by Gasteiger charge is 2.32. The fourth-order valence-electron chi connectivity index (χ4n) is 4.22. The molecule has 3 aromatic rings. The van der Waals surface area contributed by atoms with Crippen LogP contribution in [0.15, 0.2) is 42.6 Å². The van der Waals surface area contributed by atoms with Gasteiger partial charge in [-0.2, -0.15) is 5.10 Å². The van der Waals surface area contributed by atoms with E-state index in [4.69, 9.17) is 10.5 Å². The lowest BCUT2D eigenvalue weighted by molar-refractivity contribution is 0.0708. The number of aryl methyl sites for hydroxylation is 1. The van der Waals surface area contributed by atoms with Crippen molar-refractivity contribution in [3.05, 3.63) is 76.5 Å². The second kappa shape index (κ2) is 8.56. The number of ether oxygens (including phenoxy) is 1. The molecular formula is C23H24F2N4O2. The Bertz CT molecular complexity index is 1110. The molecule has 0 spiro atoms. The van der Waals surface area contributed by atoms with E-state index in [0.29, 0.717) is 24.3 Å². The van der Waals surface area contributed by atoms with Gasteiger partial charge in [0.2, 0.25) is 0 Å². The van der Waals surface area contributed by atoms with E-state index in [1.807, 2.05) is 25.2 Å². The number of carbonyl (C=O) groups excluding carboxylic acids is 1.